The van der Waals surface area contributed by atoms with Gasteiger partial charge in [-0.1, -0.05) is 6.07 Å². The highest BCUT2D eigenvalue weighted by atomic mass is 79.9. The maximum atomic E-state index is 13.8. The SMILES string of the molecule is CCn1nc(C)c(Br)c1COc1ccc(CO)cc1F. The van der Waals surface area contributed by atoms with Crippen LogP contribution in [0.15, 0.2) is 22.7 Å². The Labute approximate surface area is 125 Å². The van der Waals surface area contributed by atoms with E-state index in [1.165, 1.54) is 12.1 Å². The number of nitrogens with zero attached hydrogens (tertiary/aromatic N) is 2. The molecule has 1 aromatic heterocycles. The lowest BCUT2D eigenvalue weighted by atomic mass is 10.2. The van der Waals surface area contributed by atoms with E-state index >= 15 is 0 Å². The first-order valence-corrected chi connectivity index (χ1v) is 7.10. The van der Waals surface area contributed by atoms with Crippen LogP contribution in [0.1, 0.15) is 23.9 Å². The molecule has 1 aromatic carbocycles. The van der Waals surface area contributed by atoms with Crippen molar-refractivity contribution < 1.29 is 14.2 Å². The van der Waals surface area contributed by atoms with Crippen LogP contribution in [0.25, 0.3) is 0 Å². The first-order valence-electron chi connectivity index (χ1n) is 6.30. The molecule has 0 radical (unpaired) electrons. The monoisotopic (exact) mass is 342 g/mol. The Balaban J connectivity index is 2.17. The van der Waals surface area contributed by atoms with Crippen molar-refractivity contribution in [2.24, 2.45) is 0 Å². The Hall–Kier alpha value is -1.40. The number of rotatable bonds is 5. The minimum Gasteiger partial charge on any atom is -0.484 e. The van der Waals surface area contributed by atoms with Crippen LogP contribution in [0.3, 0.4) is 0 Å². The highest BCUT2D eigenvalue weighted by Crippen LogP contribution is 2.24. The molecule has 1 N–H and O–H groups in total. The summed E-state index contributed by atoms with van der Waals surface area (Å²) in [5, 5.41) is 13.3. The highest BCUT2D eigenvalue weighted by molar-refractivity contribution is 9.10. The third-order valence-corrected chi connectivity index (χ3v) is 4.03. The normalized spacial score (nSPS) is 10.8. The van der Waals surface area contributed by atoms with Crippen LogP contribution in [0.2, 0.25) is 0 Å². The zero-order valence-electron chi connectivity index (χ0n) is 11.4. The number of benzene rings is 1. The van der Waals surface area contributed by atoms with Crippen molar-refractivity contribution >= 4 is 15.9 Å². The summed E-state index contributed by atoms with van der Waals surface area (Å²) in [6.45, 7) is 4.64. The van der Waals surface area contributed by atoms with E-state index in [2.05, 4.69) is 21.0 Å². The minimum absolute atomic E-state index is 0.163. The van der Waals surface area contributed by atoms with E-state index in [4.69, 9.17) is 9.84 Å². The number of hydrogen-bond acceptors (Lipinski definition) is 3. The molecule has 0 amide bonds. The number of aromatic nitrogens is 2. The van der Waals surface area contributed by atoms with Crippen molar-refractivity contribution in [1.29, 1.82) is 0 Å². The summed E-state index contributed by atoms with van der Waals surface area (Å²) in [7, 11) is 0. The van der Waals surface area contributed by atoms with Crippen LogP contribution in [0.5, 0.6) is 5.75 Å². The molecule has 0 aliphatic rings. The van der Waals surface area contributed by atoms with Gasteiger partial charge in [-0.05, 0) is 47.5 Å². The Kier molecular flexibility index (Phi) is 4.77. The van der Waals surface area contributed by atoms with Crippen molar-refractivity contribution in [1.82, 2.24) is 9.78 Å². The minimum atomic E-state index is -0.480. The van der Waals surface area contributed by atoms with E-state index in [-0.39, 0.29) is 19.0 Å². The maximum absolute atomic E-state index is 13.8. The summed E-state index contributed by atoms with van der Waals surface area (Å²) < 4.78 is 22.0. The number of aliphatic hydroxyl groups excluding tert-OH is 1. The standard InChI is InChI=1S/C14H16BrFN2O2/c1-3-18-12(14(15)9(2)17-18)8-20-13-5-4-10(7-19)6-11(13)16/h4-6,19H,3,7-8H2,1-2H3. The summed E-state index contributed by atoms with van der Waals surface area (Å²) in [5.41, 5.74) is 2.27. The molecular formula is C14H16BrFN2O2. The third-order valence-electron chi connectivity index (χ3n) is 3.00. The largest absolute Gasteiger partial charge is 0.484 e. The molecule has 0 bridgehead atoms. The molecule has 6 heteroatoms. The van der Waals surface area contributed by atoms with E-state index in [0.29, 0.717) is 5.56 Å². The smallest absolute Gasteiger partial charge is 0.165 e. The fourth-order valence-corrected chi connectivity index (χ4v) is 2.31. The second kappa shape index (κ2) is 6.37. The van der Waals surface area contributed by atoms with E-state index in [1.807, 2.05) is 18.5 Å². The molecule has 0 saturated carbocycles. The van der Waals surface area contributed by atoms with Gasteiger partial charge in [0.25, 0.3) is 0 Å². The van der Waals surface area contributed by atoms with Crippen LogP contribution < -0.4 is 4.74 Å². The Bertz CT molecular complexity index is 613. The molecule has 0 spiro atoms. The van der Waals surface area contributed by atoms with Crippen molar-refractivity contribution in [3.63, 3.8) is 0 Å². The molecule has 20 heavy (non-hydrogen) atoms. The number of aliphatic hydroxyl groups is 1. The average Bonchev–Trinajstić information content (AvgIpc) is 2.73. The summed E-state index contributed by atoms with van der Waals surface area (Å²) in [5.74, 6) is -0.317. The van der Waals surface area contributed by atoms with Crippen LogP contribution in [0, 0.1) is 12.7 Å². The Morgan fingerprint density at radius 1 is 1.45 bits per heavy atom. The zero-order valence-corrected chi connectivity index (χ0v) is 12.9. The Morgan fingerprint density at radius 2 is 2.20 bits per heavy atom. The highest BCUT2D eigenvalue weighted by Gasteiger charge is 2.13. The Morgan fingerprint density at radius 3 is 2.80 bits per heavy atom. The van der Waals surface area contributed by atoms with Crippen molar-refractivity contribution in [3.8, 4) is 5.75 Å². The first-order chi connectivity index (χ1) is 9.56. The molecule has 1 heterocycles. The molecule has 0 aliphatic carbocycles. The van der Waals surface area contributed by atoms with E-state index < -0.39 is 5.82 Å². The van der Waals surface area contributed by atoms with Crippen LogP contribution in [-0.2, 0) is 19.8 Å². The first kappa shape index (κ1) is 15.0. The van der Waals surface area contributed by atoms with Gasteiger partial charge in [0.15, 0.2) is 11.6 Å². The van der Waals surface area contributed by atoms with E-state index in [0.717, 1.165) is 22.4 Å². The predicted molar refractivity (Wildman–Crippen MR) is 77.0 cm³/mol. The number of ether oxygens (including phenoxy) is 1. The van der Waals surface area contributed by atoms with Crippen molar-refractivity contribution in [2.45, 2.75) is 33.6 Å². The van der Waals surface area contributed by atoms with Gasteiger partial charge >= 0.3 is 0 Å². The molecule has 108 valence electrons. The van der Waals surface area contributed by atoms with Gasteiger partial charge < -0.3 is 9.84 Å². The molecular weight excluding hydrogens is 327 g/mol. The van der Waals surface area contributed by atoms with Crippen molar-refractivity contribution in [2.75, 3.05) is 0 Å². The van der Waals surface area contributed by atoms with Crippen LogP contribution in [0.4, 0.5) is 4.39 Å². The van der Waals surface area contributed by atoms with Gasteiger partial charge in [-0.3, -0.25) is 4.68 Å². The summed E-state index contributed by atoms with van der Waals surface area (Å²) in [4.78, 5) is 0. The number of aryl methyl sites for hydroxylation is 2. The van der Waals surface area contributed by atoms with Gasteiger partial charge in [0.05, 0.1) is 22.5 Å². The number of hydrogen-bond donors (Lipinski definition) is 1. The quantitative estimate of drug-likeness (QED) is 0.907. The fraction of sp³-hybridized carbons (Fsp3) is 0.357. The molecule has 0 atom stereocenters. The van der Waals surface area contributed by atoms with Gasteiger partial charge in [0.2, 0.25) is 0 Å². The molecule has 0 saturated heterocycles. The lowest BCUT2D eigenvalue weighted by Gasteiger charge is -2.10. The maximum Gasteiger partial charge on any atom is 0.165 e. The molecule has 0 fully saturated rings. The average molecular weight is 343 g/mol. The van der Waals surface area contributed by atoms with E-state index in [1.54, 1.807) is 6.07 Å². The lowest BCUT2D eigenvalue weighted by molar-refractivity contribution is 0.271. The lowest BCUT2D eigenvalue weighted by Crippen LogP contribution is -2.07. The zero-order chi connectivity index (χ0) is 14.7. The predicted octanol–water partition coefficient (Wildman–Crippen LogP) is 3.18. The van der Waals surface area contributed by atoms with Gasteiger partial charge in [-0.25, -0.2) is 4.39 Å². The van der Waals surface area contributed by atoms with Crippen LogP contribution >= 0.6 is 15.9 Å². The molecule has 2 rings (SSSR count). The van der Waals surface area contributed by atoms with Gasteiger partial charge in [0, 0.05) is 6.54 Å². The molecule has 4 nitrogen and oxygen atoms in total. The van der Waals surface area contributed by atoms with Gasteiger partial charge in [-0.2, -0.15) is 5.10 Å². The van der Waals surface area contributed by atoms with Crippen molar-refractivity contribution in [3.05, 3.63) is 45.4 Å². The number of halogens is 2. The van der Waals surface area contributed by atoms with E-state index in [9.17, 15) is 4.39 Å². The molecule has 2 aromatic rings. The van der Waals surface area contributed by atoms with Gasteiger partial charge in [0.1, 0.15) is 6.61 Å². The second-order valence-electron chi connectivity index (χ2n) is 4.37. The summed E-state index contributed by atoms with van der Waals surface area (Å²) >= 11 is 3.47. The summed E-state index contributed by atoms with van der Waals surface area (Å²) in [6.07, 6.45) is 0. The van der Waals surface area contributed by atoms with Crippen LogP contribution in [-0.4, -0.2) is 14.9 Å². The summed E-state index contributed by atoms with van der Waals surface area (Å²) in [6, 6.07) is 4.43. The van der Waals surface area contributed by atoms with Gasteiger partial charge in [-0.15, -0.1) is 0 Å². The third kappa shape index (κ3) is 3.02. The molecule has 0 unspecified atom stereocenters. The topological polar surface area (TPSA) is 47.3 Å². The second-order valence-corrected chi connectivity index (χ2v) is 5.17. The molecule has 0 aliphatic heterocycles. The fourth-order valence-electron chi connectivity index (χ4n) is 1.91.